The molecular formula is C15H19Cl2NZr. The van der Waals surface area contributed by atoms with Crippen LogP contribution in [0.1, 0.15) is 22.3 Å². The maximum atomic E-state index is 7.00. The molecule has 0 bridgehead atoms. The van der Waals surface area contributed by atoms with E-state index in [1.807, 2.05) is 18.2 Å². The molecule has 0 fully saturated rings. The molecule has 0 aliphatic carbocycles. The van der Waals surface area contributed by atoms with Gasteiger partial charge in [-0.05, 0) is 0 Å². The van der Waals surface area contributed by atoms with Gasteiger partial charge in [0.1, 0.15) is 0 Å². The van der Waals surface area contributed by atoms with Gasteiger partial charge in [0.2, 0.25) is 0 Å². The number of halogens is 2. The van der Waals surface area contributed by atoms with Gasteiger partial charge in [0.05, 0.1) is 0 Å². The van der Waals surface area contributed by atoms with Crippen molar-refractivity contribution in [3.63, 3.8) is 0 Å². The molecule has 0 aliphatic heterocycles. The van der Waals surface area contributed by atoms with E-state index in [-0.39, 0.29) is 51.0 Å². The van der Waals surface area contributed by atoms with Crippen LogP contribution >= 0.6 is 0 Å². The Kier molecular flexibility index (Phi) is 14.6. The van der Waals surface area contributed by atoms with Crippen molar-refractivity contribution in [1.29, 1.82) is 0 Å². The molecule has 2 aromatic rings. The van der Waals surface area contributed by atoms with E-state index in [9.17, 15) is 0 Å². The summed E-state index contributed by atoms with van der Waals surface area (Å²) < 4.78 is 0. The van der Waals surface area contributed by atoms with Crippen LogP contribution in [0.15, 0.2) is 36.4 Å². The first kappa shape index (κ1) is 23.9. The molecule has 0 aromatic heterocycles. The van der Waals surface area contributed by atoms with Crippen molar-refractivity contribution in [1.82, 2.24) is 0 Å². The van der Waals surface area contributed by atoms with Crippen molar-refractivity contribution < 1.29 is 51.0 Å². The molecule has 0 radical (unpaired) electrons. The van der Waals surface area contributed by atoms with Crippen LogP contribution in [0.3, 0.4) is 0 Å². The summed E-state index contributed by atoms with van der Waals surface area (Å²) in [6.45, 7) is 8.68. The average Bonchev–Trinajstić information content (AvgIpc) is 2.48. The molecule has 0 saturated heterocycles. The summed E-state index contributed by atoms with van der Waals surface area (Å²) in [6.07, 6.45) is 0. The minimum Gasteiger partial charge on any atom is -1.00 e. The predicted molar refractivity (Wildman–Crippen MR) is 71.4 cm³/mol. The fourth-order valence-electron chi connectivity index (χ4n) is 1.57. The summed E-state index contributed by atoms with van der Waals surface area (Å²) in [4.78, 5) is 0. The molecular weight excluding hydrogens is 356 g/mol. The van der Waals surface area contributed by atoms with Gasteiger partial charge in [-0.15, -0.1) is 5.69 Å². The molecule has 2 rings (SSSR count). The fraction of sp³-hybridized carbons (Fsp3) is 0.267. The maximum Gasteiger partial charge on any atom is 4.00 e. The van der Waals surface area contributed by atoms with Crippen molar-refractivity contribution in [3.8, 4) is 0 Å². The van der Waals surface area contributed by atoms with Crippen LogP contribution in [-0.2, 0) is 26.2 Å². The summed E-state index contributed by atoms with van der Waals surface area (Å²) in [5.41, 5.74) is 13.3. The molecule has 0 atom stereocenters. The van der Waals surface area contributed by atoms with Crippen molar-refractivity contribution in [3.05, 3.63) is 64.4 Å². The van der Waals surface area contributed by atoms with E-state index in [4.69, 9.17) is 5.73 Å². The van der Waals surface area contributed by atoms with Crippen molar-refractivity contribution in [2.24, 2.45) is 0 Å². The second-order valence-electron chi connectivity index (χ2n) is 4.13. The zero-order valence-electron chi connectivity index (χ0n) is 11.7. The second-order valence-corrected chi connectivity index (χ2v) is 4.13. The van der Waals surface area contributed by atoms with Gasteiger partial charge < -0.3 is 30.5 Å². The van der Waals surface area contributed by atoms with Crippen molar-refractivity contribution >= 4 is 5.69 Å². The molecule has 1 nitrogen and oxygen atoms in total. The zero-order valence-corrected chi connectivity index (χ0v) is 15.7. The monoisotopic (exact) mass is 373 g/mol. The quantitative estimate of drug-likeness (QED) is 0.529. The Bertz CT molecular complexity index is 430. The third-order valence-corrected chi connectivity index (χ3v) is 2.95. The molecule has 0 heterocycles. The molecule has 0 amide bonds. The smallest absolute Gasteiger partial charge is 1.00 e. The van der Waals surface area contributed by atoms with E-state index in [1.54, 1.807) is 12.1 Å². The van der Waals surface area contributed by atoms with Gasteiger partial charge in [-0.25, -0.2) is 0 Å². The van der Waals surface area contributed by atoms with Crippen LogP contribution in [0.5, 0.6) is 0 Å². The Balaban J connectivity index is -0.000000237. The first-order valence-electron chi connectivity index (χ1n) is 5.49. The summed E-state index contributed by atoms with van der Waals surface area (Å²) in [7, 11) is 0. The first-order valence-corrected chi connectivity index (χ1v) is 5.49. The Labute approximate surface area is 148 Å². The fourth-order valence-corrected chi connectivity index (χ4v) is 1.57. The molecule has 19 heavy (non-hydrogen) atoms. The van der Waals surface area contributed by atoms with E-state index in [0.717, 1.165) is 0 Å². The minimum atomic E-state index is 0. The first-order chi connectivity index (χ1) is 7.52. The SMILES string of the molecule is Cc1c[c-](C)c(C)c1C.[Cl-].[Cl-].[NH-]c1ccccc1.[Zr+4]. The van der Waals surface area contributed by atoms with Gasteiger partial charge in [-0.1, -0.05) is 58.0 Å². The van der Waals surface area contributed by atoms with E-state index < -0.39 is 0 Å². The van der Waals surface area contributed by atoms with Crippen molar-refractivity contribution in [2.75, 3.05) is 0 Å². The van der Waals surface area contributed by atoms with E-state index in [2.05, 4.69) is 33.8 Å². The van der Waals surface area contributed by atoms with Crippen LogP contribution < -0.4 is 24.8 Å². The number of hydrogen-bond acceptors (Lipinski definition) is 0. The number of aryl methyl sites for hydroxylation is 2. The van der Waals surface area contributed by atoms with Crippen LogP contribution in [0.2, 0.25) is 0 Å². The van der Waals surface area contributed by atoms with Gasteiger partial charge in [0.25, 0.3) is 0 Å². The number of rotatable bonds is 0. The van der Waals surface area contributed by atoms with Gasteiger partial charge in [-0.2, -0.15) is 28.3 Å². The van der Waals surface area contributed by atoms with E-state index in [0.29, 0.717) is 5.69 Å². The van der Waals surface area contributed by atoms with E-state index in [1.165, 1.54) is 22.3 Å². The summed E-state index contributed by atoms with van der Waals surface area (Å²) in [5.74, 6) is 0. The topological polar surface area (TPSA) is 23.8 Å². The Morgan fingerprint density at radius 1 is 0.947 bits per heavy atom. The predicted octanol–water partition coefficient (Wildman–Crippen LogP) is -0.985. The standard InChI is InChI=1S/C9H13.C6H6N.2ClH.Zr/c1-6-5-7(2)9(4)8(6)3;7-6-4-2-1-3-5-6;;;/h5H,1-4H3;1-5,7H;2*1H;/q2*-1;;;+4/p-2. The van der Waals surface area contributed by atoms with Gasteiger partial charge in [0, 0.05) is 0 Å². The normalized spacial score (nSPS) is 8.00. The van der Waals surface area contributed by atoms with Crippen LogP contribution in [0, 0.1) is 27.7 Å². The molecule has 0 saturated carbocycles. The second kappa shape index (κ2) is 11.6. The summed E-state index contributed by atoms with van der Waals surface area (Å²) in [6, 6.07) is 11.3. The number of hydrogen-bond donors (Lipinski definition) is 0. The third-order valence-electron chi connectivity index (χ3n) is 2.95. The molecule has 0 unspecified atom stereocenters. The molecule has 102 valence electrons. The molecule has 0 aliphatic rings. The van der Waals surface area contributed by atoms with Crippen molar-refractivity contribution in [2.45, 2.75) is 27.7 Å². The zero-order chi connectivity index (χ0) is 12.1. The molecule has 0 spiro atoms. The minimum absolute atomic E-state index is 0. The average molecular weight is 375 g/mol. The van der Waals surface area contributed by atoms with Crippen LogP contribution in [0.25, 0.3) is 5.73 Å². The summed E-state index contributed by atoms with van der Waals surface area (Å²) >= 11 is 0. The van der Waals surface area contributed by atoms with Gasteiger partial charge in [-0.3, -0.25) is 0 Å². The number of benzene rings is 1. The largest absolute Gasteiger partial charge is 4.00 e. The Hall–Kier alpha value is -0.167. The van der Waals surface area contributed by atoms with Crippen LogP contribution in [0.4, 0.5) is 5.69 Å². The molecule has 1 N–H and O–H groups in total. The third kappa shape index (κ3) is 7.87. The Morgan fingerprint density at radius 2 is 1.42 bits per heavy atom. The van der Waals surface area contributed by atoms with E-state index >= 15 is 0 Å². The van der Waals surface area contributed by atoms with Crippen LogP contribution in [-0.4, -0.2) is 0 Å². The Morgan fingerprint density at radius 3 is 1.58 bits per heavy atom. The maximum absolute atomic E-state index is 7.00. The van der Waals surface area contributed by atoms with Gasteiger partial charge >= 0.3 is 26.2 Å². The molecule has 4 heteroatoms. The number of nitrogens with one attached hydrogen (secondary N) is 1. The van der Waals surface area contributed by atoms with Gasteiger partial charge in [0.15, 0.2) is 0 Å². The molecule has 2 aromatic carbocycles. The summed E-state index contributed by atoms with van der Waals surface area (Å²) in [5, 5.41) is 0.